The second-order valence-corrected chi connectivity index (χ2v) is 3.98. The minimum atomic E-state index is 0.314. The maximum Gasteiger partial charge on any atom is 0.150 e. The lowest BCUT2D eigenvalue weighted by Crippen LogP contribution is -1.90. The van der Waals surface area contributed by atoms with Crippen LogP contribution in [0.4, 0.5) is 0 Å². The normalized spacial score (nSPS) is 9.56. The molecule has 2 aromatic carbocycles. The summed E-state index contributed by atoms with van der Waals surface area (Å²) in [6.45, 7) is 0. The van der Waals surface area contributed by atoms with Gasteiger partial charge < -0.3 is 4.74 Å². The predicted octanol–water partition coefficient (Wildman–Crippen LogP) is 3.82. The molecule has 2 rings (SSSR count). The van der Waals surface area contributed by atoms with Gasteiger partial charge >= 0.3 is 0 Å². The summed E-state index contributed by atoms with van der Waals surface area (Å²) in [5, 5.41) is 9.60. The van der Waals surface area contributed by atoms with E-state index >= 15 is 0 Å². The van der Waals surface area contributed by atoms with Gasteiger partial charge in [0, 0.05) is 10.6 Å². The number of hydrogen-bond acceptors (Lipinski definition) is 3. The average molecular weight is 258 g/mol. The standard InChI is InChI=1S/C14H8ClNO2/c15-12-2-4-13(5-3-12)18-14-6-1-10(9-17)7-11(14)8-16/h1-7,9H. The Morgan fingerprint density at radius 3 is 2.50 bits per heavy atom. The molecule has 4 heteroatoms. The zero-order valence-corrected chi connectivity index (χ0v) is 10.0. The van der Waals surface area contributed by atoms with Crippen molar-refractivity contribution in [2.75, 3.05) is 0 Å². The third kappa shape index (κ3) is 2.68. The Hall–Kier alpha value is -2.31. The van der Waals surface area contributed by atoms with Crippen molar-refractivity contribution in [1.82, 2.24) is 0 Å². The van der Waals surface area contributed by atoms with E-state index in [0.29, 0.717) is 33.9 Å². The van der Waals surface area contributed by atoms with E-state index in [4.69, 9.17) is 21.6 Å². The lowest BCUT2D eigenvalue weighted by Gasteiger charge is -2.07. The molecule has 0 saturated heterocycles. The van der Waals surface area contributed by atoms with Gasteiger partial charge in [0.1, 0.15) is 23.9 Å². The summed E-state index contributed by atoms with van der Waals surface area (Å²) in [6, 6.07) is 13.5. The molecule has 0 amide bonds. The lowest BCUT2D eigenvalue weighted by molar-refractivity contribution is 0.112. The smallest absolute Gasteiger partial charge is 0.150 e. The second kappa shape index (κ2) is 5.35. The Kier molecular flexibility index (Phi) is 3.61. The first-order valence-electron chi connectivity index (χ1n) is 5.15. The highest BCUT2D eigenvalue weighted by Gasteiger charge is 2.05. The first kappa shape index (κ1) is 12.2. The SMILES string of the molecule is N#Cc1cc(C=O)ccc1Oc1ccc(Cl)cc1. The molecule has 0 spiro atoms. The quantitative estimate of drug-likeness (QED) is 0.786. The van der Waals surface area contributed by atoms with Crippen LogP contribution in [-0.4, -0.2) is 6.29 Å². The maximum atomic E-state index is 10.6. The second-order valence-electron chi connectivity index (χ2n) is 3.54. The van der Waals surface area contributed by atoms with Gasteiger partial charge in [-0.3, -0.25) is 4.79 Å². The maximum absolute atomic E-state index is 10.6. The number of aldehydes is 1. The van der Waals surface area contributed by atoms with E-state index in [0.717, 1.165) is 0 Å². The zero-order valence-electron chi connectivity index (χ0n) is 9.26. The van der Waals surface area contributed by atoms with Crippen LogP contribution in [0.5, 0.6) is 11.5 Å². The first-order valence-corrected chi connectivity index (χ1v) is 5.53. The fourth-order valence-corrected chi connectivity index (χ4v) is 1.55. The highest BCUT2D eigenvalue weighted by Crippen LogP contribution is 2.26. The number of benzene rings is 2. The van der Waals surface area contributed by atoms with Crippen molar-refractivity contribution in [2.24, 2.45) is 0 Å². The van der Waals surface area contributed by atoms with Crippen LogP contribution in [0.25, 0.3) is 0 Å². The van der Waals surface area contributed by atoms with E-state index in [1.807, 2.05) is 6.07 Å². The molecule has 0 N–H and O–H groups in total. The van der Waals surface area contributed by atoms with E-state index in [-0.39, 0.29) is 0 Å². The molecule has 2 aromatic rings. The van der Waals surface area contributed by atoms with Gasteiger partial charge in [0.05, 0.1) is 5.56 Å². The molecule has 3 nitrogen and oxygen atoms in total. The molecule has 0 atom stereocenters. The molecule has 0 aliphatic rings. The lowest BCUT2D eigenvalue weighted by atomic mass is 10.1. The van der Waals surface area contributed by atoms with Crippen LogP contribution >= 0.6 is 11.6 Å². The van der Waals surface area contributed by atoms with Crippen molar-refractivity contribution in [3.8, 4) is 17.6 Å². The molecule has 18 heavy (non-hydrogen) atoms. The van der Waals surface area contributed by atoms with Gasteiger partial charge in [-0.05, 0) is 42.5 Å². The molecule has 0 unspecified atom stereocenters. The van der Waals surface area contributed by atoms with E-state index < -0.39 is 0 Å². The summed E-state index contributed by atoms with van der Waals surface area (Å²) in [5.74, 6) is 0.986. The zero-order chi connectivity index (χ0) is 13.0. The summed E-state index contributed by atoms with van der Waals surface area (Å²) in [7, 11) is 0. The van der Waals surface area contributed by atoms with Gasteiger partial charge in [-0.15, -0.1) is 0 Å². The molecule has 0 aromatic heterocycles. The molecule has 0 saturated carbocycles. The topological polar surface area (TPSA) is 50.1 Å². The third-order valence-electron chi connectivity index (χ3n) is 2.30. The van der Waals surface area contributed by atoms with Gasteiger partial charge in [-0.1, -0.05) is 11.6 Å². The molecule has 0 aliphatic heterocycles. The van der Waals surface area contributed by atoms with Gasteiger partial charge in [-0.25, -0.2) is 0 Å². The molecule has 0 heterocycles. The van der Waals surface area contributed by atoms with Crippen LogP contribution in [-0.2, 0) is 0 Å². The highest BCUT2D eigenvalue weighted by atomic mass is 35.5. The summed E-state index contributed by atoms with van der Waals surface area (Å²) in [4.78, 5) is 10.6. The summed E-state index contributed by atoms with van der Waals surface area (Å²) < 4.78 is 5.56. The molecule has 0 aliphatic carbocycles. The van der Waals surface area contributed by atoms with Crippen LogP contribution in [0, 0.1) is 11.3 Å². The summed E-state index contributed by atoms with van der Waals surface area (Å²) in [5.41, 5.74) is 0.754. The monoisotopic (exact) mass is 257 g/mol. The van der Waals surface area contributed by atoms with Crippen molar-refractivity contribution >= 4 is 17.9 Å². The van der Waals surface area contributed by atoms with Gasteiger partial charge in [0.2, 0.25) is 0 Å². The van der Waals surface area contributed by atoms with Crippen molar-refractivity contribution < 1.29 is 9.53 Å². The number of carbonyl (C=O) groups is 1. The molecular formula is C14H8ClNO2. The molecular weight excluding hydrogens is 250 g/mol. The number of nitriles is 1. The number of carbonyl (C=O) groups excluding carboxylic acids is 1. The number of halogens is 1. The Balaban J connectivity index is 2.31. The largest absolute Gasteiger partial charge is 0.456 e. The molecule has 0 radical (unpaired) electrons. The predicted molar refractivity (Wildman–Crippen MR) is 68.1 cm³/mol. The fourth-order valence-electron chi connectivity index (χ4n) is 1.43. The van der Waals surface area contributed by atoms with Crippen molar-refractivity contribution in [1.29, 1.82) is 5.26 Å². The Morgan fingerprint density at radius 1 is 1.17 bits per heavy atom. The van der Waals surface area contributed by atoms with E-state index in [2.05, 4.69) is 0 Å². The minimum Gasteiger partial charge on any atom is -0.456 e. The Bertz CT molecular complexity index is 615. The third-order valence-corrected chi connectivity index (χ3v) is 2.55. The van der Waals surface area contributed by atoms with Crippen molar-refractivity contribution in [3.63, 3.8) is 0 Å². The number of rotatable bonds is 3. The van der Waals surface area contributed by atoms with E-state index in [1.165, 1.54) is 6.07 Å². The van der Waals surface area contributed by atoms with Gasteiger partial charge in [0.25, 0.3) is 0 Å². The minimum absolute atomic E-state index is 0.314. The van der Waals surface area contributed by atoms with Gasteiger partial charge in [0.15, 0.2) is 0 Å². The summed E-state index contributed by atoms with van der Waals surface area (Å²) in [6.07, 6.45) is 0.687. The molecule has 0 fully saturated rings. The fraction of sp³-hybridized carbons (Fsp3) is 0. The van der Waals surface area contributed by atoms with E-state index in [9.17, 15) is 4.79 Å². The average Bonchev–Trinajstić information content (AvgIpc) is 2.41. The van der Waals surface area contributed by atoms with Gasteiger partial charge in [-0.2, -0.15) is 5.26 Å². The summed E-state index contributed by atoms with van der Waals surface area (Å²) >= 11 is 5.77. The Morgan fingerprint density at radius 2 is 1.89 bits per heavy atom. The van der Waals surface area contributed by atoms with Crippen LogP contribution in [0.2, 0.25) is 5.02 Å². The molecule has 88 valence electrons. The van der Waals surface area contributed by atoms with Crippen LogP contribution in [0.1, 0.15) is 15.9 Å². The number of hydrogen-bond donors (Lipinski definition) is 0. The first-order chi connectivity index (χ1) is 8.72. The van der Waals surface area contributed by atoms with Crippen LogP contribution in [0.3, 0.4) is 0 Å². The van der Waals surface area contributed by atoms with Crippen molar-refractivity contribution in [3.05, 3.63) is 58.6 Å². The number of nitrogens with zero attached hydrogens (tertiary/aromatic N) is 1. The van der Waals surface area contributed by atoms with Crippen LogP contribution in [0.15, 0.2) is 42.5 Å². The highest BCUT2D eigenvalue weighted by molar-refractivity contribution is 6.30. The van der Waals surface area contributed by atoms with Crippen LogP contribution < -0.4 is 4.74 Å². The Labute approximate surface area is 109 Å². The molecule has 0 bridgehead atoms. The van der Waals surface area contributed by atoms with Crippen molar-refractivity contribution in [2.45, 2.75) is 0 Å². The number of ether oxygens (including phenoxy) is 1. The van der Waals surface area contributed by atoms with E-state index in [1.54, 1.807) is 36.4 Å².